The maximum Gasteiger partial charge on any atom is 0.372 e. The number of hydrogen-bond donors (Lipinski definition) is 2. The Hall–Kier alpha value is -3.31. The summed E-state index contributed by atoms with van der Waals surface area (Å²) < 4.78 is 5.26. The third-order valence-electron chi connectivity index (χ3n) is 4.30. The number of rotatable bonds is 3. The summed E-state index contributed by atoms with van der Waals surface area (Å²) in [6, 6.07) is 19.2. The Morgan fingerprint density at radius 1 is 0.920 bits per heavy atom. The van der Waals surface area contributed by atoms with Crippen LogP contribution in [0.3, 0.4) is 0 Å². The Morgan fingerprint density at radius 3 is 2.52 bits per heavy atom. The Morgan fingerprint density at radius 2 is 1.72 bits per heavy atom. The molecule has 0 aliphatic carbocycles. The van der Waals surface area contributed by atoms with E-state index in [4.69, 9.17) is 9.99 Å². The molecule has 0 amide bonds. The number of fused-ring (bicyclic) bond motifs is 2. The first-order valence-corrected chi connectivity index (χ1v) is 7.74. The summed E-state index contributed by atoms with van der Waals surface area (Å²) in [5, 5.41) is 11.6. The normalized spacial score (nSPS) is 11.0. The Labute approximate surface area is 143 Å². The molecule has 0 bridgehead atoms. The minimum atomic E-state index is -0.774. The van der Waals surface area contributed by atoms with Crippen molar-refractivity contribution in [2.75, 3.05) is 7.11 Å². The molecule has 3 aromatic carbocycles. The molecule has 0 aliphatic heterocycles. The molecule has 0 saturated carbocycles. The van der Waals surface area contributed by atoms with Gasteiger partial charge in [-0.05, 0) is 58.8 Å². The molecule has 5 nitrogen and oxygen atoms in total. The molecule has 0 saturated heterocycles. The van der Waals surface area contributed by atoms with E-state index in [1.807, 2.05) is 36.4 Å². The molecule has 0 radical (unpaired) electrons. The summed E-state index contributed by atoms with van der Waals surface area (Å²) in [5.74, 6) is 0.0541. The first-order valence-electron chi connectivity index (χ1n) is 7.74. The van der Waals surface area contributed by atoms with E-state index in [2.05, 4.69) is 15.9 Å². The lowest BCUT2D eigenvalue weighted by Crippen LogP contribution is -2.00. The van der Waals surface area contributed by atoms with E-state index >= 15 is 0 Å². The molecule has 1 aromatic heterocycles. The third kappa shape index (κ3) is 2.70. The van der Waals surface area contributed by atoms with Crippen LogP contribution in [-0.2, 0) is 4.89 Å². The van der Waals surface area contributed by atoms with Gasteiger partial charge in [-0.25, -0.2) is 4.79 Å². The average molecular weight is 333 g/mol. The van der Waals surface area contributed by atoms with Gasteiger partial charge in [-0.1, -0.05) is 18.2 Å². The number of ether oxygens (including phenoxy) is 1. The van der Waals surface area contributed by atoms with Crippen molar-refractivity contribution in [3.63, 3.8) is 0 Å². The van der Waals surface area contributed by atoms with E-state index in [9.17, 15) is 4.79 Å². The van der Waals surface area contributed by atoms with Crippen LogP contribution in [0.4, 0.5) is 0 Å². The fraction of sp³-hybridized carbons (Fsp3) is 0.0500. The van der Waals surface area contributed by atoms with Crippen LogP contribution in [0.1, 0.15) is 10.4 Å². The number of benzene rings is 3. The van der Waals surface area contributed by atoms with Crippen LogP contribution in [0.15, 0.2) is 60.7 Å². The van der Waals surface area contributed by atoms with E-state index in [-0.39, 0.29) is 0 Å². The summed E-state index contributed by atoms with van der Waals surface area (Å²) in [6.45, 7) is 0. The molecule has 0 atom stereocenters. The second kappa shape index (κ2) is 5.96. The van der Waals surface area contributed by atoms with Gasteiger partial charge in [0.15, 0.2) is 0 Å². The van der Waals surface area contributed by atoms with Gasteiger partial charge in [0.1, 0.15) is 5.75 Å². The van der Waals surface area contributed by atoms with Gasteiger partial charge in [-0.15, -0.1) is 0 Å². The smallest absolute Gasteiger partial charge is 0.372 e. The molecule has 0 aliphatic rings. The Balaban J connectivity index is 1.78. The molecule has 4 aromatic rings. The van der Waals surface area contributed by atoms with Gasteiger partial charge in [0.2, 0.25) is 0 Å². The standard InChI is InChI=1S/C20H15NO4/c1-24-17-6-4-12-8-14(3-2-13(12)10-17)19-11-16-9-15(20(22)25-23)5-7-18(16)21-19/h2-11,21,23H,1H3. The third-order valence-corrected chi connectivity index (χ3v) is 4.30. The molecule has 0 unspecified atom stereocenters. The largest absolute Gasteiger partial charge is 0.497 e. The summed E-state index contributed by atoms with van der Waals surface area (Å²) in [6.07, 6.45) is 0. The minimum Gasteiger partial charge on any atom is -0.497 e. The molecule has 124 valence electrons. The predicted molar refractivity (Wildman–Crippen MR) is 95.8 cm³/mol. The second-order valence-electron chi connectivity index (χ2n) is 5.79. The van der Waals surface area contributed by atoms with Gasteiger partial charge in [0, 0.05) is 16.6 Å². The van der Waals surface area contributed by atoms with E-state index in [1.165, 1.54) is 0 Å². The van der Waals surface area contributed by atoms with Crippen molar-refractivity contribution in [2.24, 2.45) is 0 Å². The van der Waals surface area contributed by atoms with Crippen molar-refractivity contribution in [2.45, 2.75) is 0 Å². The molecule has 25 heavy (non-hydrogen) atoms. The van der Waals surface area contributed by atoms with Crippen molar-refractivity contribution in [3.8, 4) is 17.0 Å². The average Bonchev–Trinajstić information content (AvgIpc) is 3.09. The van der Waals surface area contributed by atoms with E-state index < -0.39 is 5.97 Å². The molecule has 5 heteroatoms. The van der Waals surface area contributed by atoms with Crippen LogP contribution >= 0.6 is 0 Å². The number of aromatic amines is 1. The lowest BCUT2D eigenvalue weighted by Gasteiger charge is -2.04. The SMILES string of the molecule is COc1ccc2cc(-c3cc4cc(C(=O)OO)ccc4[nH]3)ccc2c1. The molecule has 0 fully saturated rings. The summed E-state index contributed by atoms with van der Waals surface area (Å²) in [4.78, 5) is 18.6. The number of methoxy groups -OCH3 is 1. The zero-order chi connectivity index (χ0) is 17.4. The predicted octanol–water partition coefficient (Wildman–Crippen LogP) is 4.63. The van der Waals surface area contributed by atoms with E-state index in [0.29, 0.717) is 5.56 Å². The monoisotopic (exact) mass is 333 g/mol. The zero-order valence-electron chi connectivity index (χ0n) is 13.4. The molecular formula is C20H15NO4. The van der Waals surface area contributed by atoms with E-state index in [1.54, 1.807) is 25.3 Å². The second-order valence-corrected chi connectivity index (χ2v) is 5.79. The number of hydrogen-bond acceptors (Lipinski definition) is 4. The Bertz CT molecular complexity index is 1100. The van der Waals surface area contributed by atoms with Crippen LogP contribution < -0.4 is 4.74 Å². The molecule has 0 spiro atoms. The number of carbonyl (C=O) groups is 1. The topological polar surface area (TPSA) is 71.6 Å². The van der Waals surface area contributed by atoms with Crippen molar-refractivity contribution in [1.29, 1.82) is 0 Å². The number of H-pyrrole nitrogens is 1. The summed E-state index contributed by atoms with van der Waals surface area (Å²) in [5.41, 5.74) is 3.19. The first-order chi connectivity index (χ1) is 12.2. The zero-order valence-corrected chi connectivity index (χ0v) is 13.4. The maximum atomic E-state index is 11.4. The lowest BCUT2D eigenvalue weighted by molar-refractivity contribution is -0.182. The lowest BCUT2D eigenvalue weighted by atomic mass is 10.0. The highest BCUT2D eigenvalue weighted by molar-refractivity contribution is 5.96. The first kappa shape index (κ1) is 15.2. The number of nitrogens with one attached hydrogen (secondary N) is 1. The van der Waals surface area contributed by atoms with Crippen molar-refractivity contribution in [3.05, 3.63) is 66.2 Å². The maximum absolute atomic E-state index is 11.4. The van der Waals surface area contributed by atoms with Gasteiger partial charge in [-0.3, -0.25) is 4.89 Å². The summed E-state index contributed by atoms with van der Waals surface area (Å²) >= 11 is 0. The molecule has 1 heterocycles. The Kier molecular flexibility index (Phi) is 3.63. The van der Waals surface area contributed by atoms with Crippen LogP contribution in [-0.4, -0.2) is 23.3 Å². The van der Waals surface area contributed by atoms with Gasteiger partial charge in [0.05, 0.1) is 12.7 Å². The van der Waals surface area contributed by atoms with Gasteiger partial charge < -0.3 is 9.72 Å². The number of carbonyl (C=O) groups excluding carboxylic acids is 1. The van der Waals surface area contributed by atoms with Gasteiger partial charge >= 0.3 is 5.97 Å². The quantitative estimate of drug-likeness (QED) is 0.424. The fourth-order valence-electron chi connectivity index (χ4n) is 2.99. The summed E-state index contributed by atoms with van der Waals surface area (Å²) in [7, 11) is 1.65. The van der Waals surface area contributed by atoms with Crippen LogP contribution in [0.25, 0.3) is 32.9 Å². The molecule has 2 N–H and O–H groups in total. The van der Waals surface area contributed by atoms with Crippen molar-refractivity contribution < 1.29 is 19.7 Å². The van der Waals surface area contributed by atoms with Gasteiger partial charge in [0.25, 0.3) is 0 Å². The van der Waals surface area contributed by atoms with Crippen LogP contribution in [0, 0.1) is 0 Å². The van der Waals surface area contributed by atoms with Crippen molar-refractivity contribution >= 4 is 27.6 Å². The van der Waals surface area contributed by atoms with E-state index in [0.717, 1.165) is 38.7 Å². The van der Waals surface area contributed by atoms with Crippen LogP contribution in [0.2, 0.25) is 0 Å². The highest BCUT2D eigenvalue weighted by atomic mass is 17.1. The van der Waals surface area contributed by atoms with Gasteiger partial charge in [-0.2, -0.15) is 5.26 Å². The fourth-order valence-corrected chi connectivity index (χ4v) is 2.99. The van der Waals surface area contributed by atoms with Crippen LogP contribution in [0.5, 0.6) is 5.75 Å². The van der Waals surface area contributed by atoms with Crippen molar-refractivity contribution in [1.82, 2.24) is 4.98 Å². The number of aromatic nitrogens is 1. The highest BCUT2D eigenvalue weighted by Gasteiger charge is 2.10. The minimum absolute atomic E-state index is 0.297. The molecule has 4 rings (SSSR count). The highest BCUT2D eigenvalue weighted by Crippen LogP contribution is 2.29. The molecular weight excluding hydrogens is 318 g/mol.